The molecule has 4 aliphatic rings. The monoisotopic (exact) mass is 550 g/mol. The molecular formula is C24H27BrN2O4S2. The van der Waals surface area contributed by atoms with Crippen molar-refractivity contribution in [1.29, 1.82) is 0 Å². The van der Waals surface area contributed by atoms with Crippen LogP contribution in [-0.2, 0) is 20.2 Å². The van der Waals surface area contributed by atoms with E-state index in [0.29, 0.717) is 37.1 Å². The molecule has 9 heteroatoms. The minimum atomic E-state index is -3.65. The highest BCUT2D eigenvalue weighted by Crippen LogP contribution is 2.62. The fraction of sp³-hybridized carbons (Fsp3) is 0.542. The Kier molecular flexibility index (Phi) is 5.31. The molecule has 0 N–H and O–H groups in total. The summed E-state index contributed by atoms with van der Waals surface area (Å²) in [5.41, 5.74) is 3.24. The molecule has 0 unspecified atom stereocenters. The van der Waals surface area contributed by atoms with E-state index in [2.05, 4.69) is 22.0 Å². The van der Waals surface area contributed by atoms with Gasteiger partial charge in [-0.25, -0.2) is 8.42 Å². The van der Waals surface area contributed by atoms with Gasteiger partial charge in [0.05, 0.1) is 5.56 Å². The lowest BCUT2D eigenvalue weighted by Gasteiger charge is -2.38. The Balaban J connectivity index is 1.29. The average Bonchev–Trinajstić information content (AvgIpc) is 3.27. The molecule has 0 radical (unpaired) electrons. The van der Waals surface area contributed by atoms with E-state index in [9.17, 15) is 13.2 Å². The first-order valence-corrected chi connectivity index (χ1v) is 14.7. The molecule has 0 atom stereocenters. The first kappa shape index (κ1) is 22.2. The van der Waals surface area contributed by atoms with Gasteiger partial charge in [0, 0.05) is 40.7 Å². The molecule has 1 amide bonds. The number of fused-ring (bicyclic) bond motifs is 2. The van der Waals surface area contributed by atoms with Crippen LogP contribution < -0.4 is 4.90 Å². The Bertz CT molecular complexity index is 1200. The summed E-state index contributed by atoms with van der Waals surface area (Å²) in [4.78, 5) is 15.5. The lowest BCUT2D eigenvalue weighted by molar-refractivity contribution is 0.0314. The van der Waals surface area contributed by atoms with Crippen molar-refractivity contribution in [3.05, 3.63) is 45.2 Å². The van der Waals surface area contributed by atoms with E-state index in [4.69, 9.17) is 4.74 Å². The molecule has 1 aromatic carbocycles. The van der Waals surface area contributed by atoms with Gasteiger partial charge in [0.1, 0.15) is 10.9 Å². The molecule has 2 aromatic rings. The van der Waals surface area contributed by atoms with Crippen LogP contribution in [0.5, 0.6) is 0 Å². The van der Waals surface area contributed by atoms with E-state index in [0.717, 1.165) is 34.3 Å². The van der Waals surface area contributed by atoms with Crippen molar-refractivity contribution in [3.8, 4) is 0 Å². The van der Waals surface area contributed by atoms with E-state index in [-0.39, 0.29) is 22.3 Å². The molecule has 2 aliphatic heterocycles. The Labute approximate surface area is 207 Å². The zero-order chi connectivity index (χ0) is 22.8. The number of sulfonamides is 1. The number of ether oxygens (including phenoxy) is 1. The summed E-state index contributed by atoms with van der Waals surface area (Å²) >= 11 is 4.75. The van der Waals surface area contributed by atoms with Crippen LogP contribution in [0.4, 0.5) is 5.69 Å². The van der Waals surface area contributed by atoms with Crippen LogP contribution in [0.1, 0.15) is 60.9 Å². The maximum Gasteiger partial charge on any atom is 0.259 e. The topological polar surface area (TPSA) is 66.9 Å². The Morgan fingerprint density at radius 1 is 1.09 bits per heavy atom. The second-order valence-electron chi connectivity index (χ2n) is 10.1. The van der Waals surface area contributed by atoms with E-state index in [1.807, 2.05) is 17.0 Å². The quantitative estimate of drug-likeness (QED) is 0.531. The average molecular weight is 552 g/mol. The van der Waals surface area contributed by atoms with Crippen LogP contribution in [0.3, 0.4) is 0 Å². The summed E-state index contributed by atoms with van der Waals surface area (Å²) in [6.45, 7) is 1.77. The minimum absolute atomic E-state index is 0.00131. The number of amides is 1. The van der Waals surface area contributed by atoms with Gasteiger partial charge in [-0.2, -0.15) is 4.31 Å². The Morgan fingerprint density at radius 3 is 2.55 bits per heavy atom. The van der Waals surface area contributed by atoms with Crippen LogP contribution in [0.2, 0.25) is 0 Å². The lowest BCUT2D eigenvalue weighted by Crippen LogP contribution is -2.40. The van der Waals surface area contributed by atoms with E-state index in [1.54, 1.807) is 11.4 Å². The molecule has 176 valence electrons. The van der Waals surface area contributed by atoms with Gasteiger partial charge in [-0.3, -0.25) is 4.79 Å². The summed E-state index contributed by atoms with van der Waals surface area (Å²) < 4.78 is 34.0. The largest absolute Gasteiger partial charge is 0.365 e. The summed E-state index contributed by atoms with van der Waals surface area (Å²) in [7, 11) is -3.65. The third-order valence-electron chi connectivity index (χ3n) is 8.10. The SMILES string of the molecule is O=C(c1csc(S(=O)(=O)N2CCCOC2)c1)N1CC2(CCC3(CC3)CC2)c2cc(Br)ccc21. The van der Waals surface area contributed by atoms with E-state index in [1.165, 1.54) is 35.6 Å². The molecule has 1 aromatic heterocycles. The molecule has 3 heterocycles. The molecule has 1 saturated heterocycles. The normalized spacial score (nSPS) is 23.7. The summed E-state index contributed by atoms with van der Waals surface area (Å²) in [5, 5.41) is 1.68. The highest BCUT2D eigenvalue weighted by Gasteiger charge is 2.53. The zero-order valence-electron chi connectivity index (χ0n) is 18.4. The molecule has 2 aliphatic carbocycles. The molecule has 3 fully saturated rings. The highest BCUT2D eigenvalue weighted by molar-refractivity contribution is 9.10. The van der Waals surface area contributed by atoms with Crippen molar-refractivity contribution in [2.24, 2.45) is 5.41 Å². The molecular weight excluding hydrogens is 524 g/mol. The molecule has 0 bridgehead atoms. The number of rotatable bonds is 3. The molecule has 2 spiro atoms. The zero-order valence-corrected chi connectivity index (χ0v) is 21.6. The van der Waals surface area contributed by atoms with Crippen LogP contribution in [0, 0.1) is 5.41 Å². The molecule has 2 saturated carbocycles. The fourth-order valence-electron chi connectivity index (χ4n) is 5.80. The smallest absolute Gasteiger partial charge is 0.259 e. The Hall–Kier alpha value is -1.26. The van der Waals surface area contributed by atoms with Gasteiger partial charge in [0.2, 0.25) is 0 Å². The predicted octanol–water partition coefficient (Wildman–Crippen LogP) is 5.13. The molecule has 33 heavy (non-hydrogen) atoms. The first-order chi connectivity index (χ1) is 15.8. The molecule has 6 nitrogen and oxygen atoms in total. The number of halogens is 1. The predicted molar refractivity (Wildman–Crippen MR) is 131 cm³/mol. The second kappa shape index (κ2) is 7.88. The second-order valence-corrected chi connectivity index (χ2v) is 14.1. The number of benzene rings is 1. The third kappa shape index (κ3) is 3.71. The van der Waals surface area contributed by atoms with Gasteiger partial charge in [-0.15, -0.1) is 11.3 Å². The number of nitrogens with zero attached hydrogens (tertiary/aromatic N) is 2. The molecule has 6 rings (SSSR count). The number of hydrogen-bond donors (Lipinski definition) is 0. The van der Waals surface area contributed by atoms with Crippen LogP contribution >= 0.6 is 27.3 Å². The standard InChI is InChI=1S/C24H27BrN2O4S2/c25-18-2-3-20-19(13-18)24(8-6-23(4-5-23)7-9-24)15-27(20)22(28)17-12-21(32-14-17)33(29,30)26-10-1-11-31-16-26/h2-3,12-14H,1,4-11,15-16H2. The third-order valence-corrected chi connectivity index (χ3v) is 11.8. The van der Waals surface area contributed by atoms with Crippen molar-refractivity contribution in [2.75, 3.05) is 31.3 Å². The summed E-state index contributed by atoms with van der Waals surface area (Å²) in [6.07, 6.45) is 8.08. The number of anilines is 1. The number of thiophene rings is 1. The highest BCUT2D eigenvalue weighted by atomic mass is 79.9. The van der Waals surface area contributed by atoms with Crippen LogP contribution in [0.15, 0.2) is 38.3 Å². The lowest BCUT2D eigenvalue weighted by atomic mass is 9.66. The van der Waals surface area contributed by atoms with E-state index < -0.39 is 10.0 Å². The minimum Gasteiger partial charge on any atom is -0.365 e. The van der Waals surface area contributed by atoms with Gasteiger partial charge in [0.25, 0.3) is 15.9 Å². The van der Waals surface area contributed by atoms with Gasteiger partial charge in [-0.1, -0.05) is 15.9 Å². The van der Waals surface area contributed by atoms with Crippen LogP contribution in [-0.4, -0.2) is 45.1 Å². The van der Waals surface area contributed by atoms with E-state index >= 15 is 0 Å². The number of carbonyl (C=O) groups excluding carboxylic acids is 1. The van der Waals surface area contributed by atoms with Crippen molar-refractivity contribution in [1.82, 2.24) is 4.31 Å². The summed E-state index contributed by atoms with van der Waals surface area (Å²) in [6, 6.07) is 7.75. The van der Waals surface area contributed by atoms with Crippen molar-refractivity contribution >= 4 is 48.9 Å². The maximum atomic E-state index is 13.7. The van der Waals surface area contributed by atoms with Gasteiger partial charge in [0.15, 0.2) is 0 Å². The van der Waals surface area contributed by atoms with Gasteiger partial charge >= 0.3 is 0 Å². The van der Waals surface area contributed by atoms with Crippen molar-refractivity contribution in [3.63, 3.8) is 0 Å². The van der Waals surface area contributed by atoms with Crippen molar-refractivity contribution < 1.29 is 17.9 Å². The number of carbonyl (C=O) groups is 1. The van der Waals surface area contributed by atoms with Crippen LogP contribution in [0.25, 0.3) is 0 Å². The van der Waals surface area contributed by atoms with Gasteiger partial charge in [-0.05, 0) is 80.2 Å². The number of hydrogen-bond acceptors (Lipinski definition) is 5. The fourth-order valence-corrected chi connectivity index (χ4v) is 8.82. The summed E-state index contributed by atoms with van der Waals surface area (Å²) in [5.74, 6) is -0.116. The first-order valence-electron chi connectivity index (χ1n) is 11.6. The van der Waals surface area contributed by atoms with Gasteiger partial charge < -0.3 is 9.64 Å². The van der Waals surface area contributed by atoms with Crippen molar-refractivity contribution in [2.45, 2.75) is 54.6 Å². The Morgan fingerprint density at radius 2 is 1.85 bits per heavy atom. The maximum absolute atomic E-state index is 13.7.